The standard InChI is InChI=1S/C13H12FN3O3/c1-7-6-10(17-20-7)13(19)16-11(12(15)18)8-2-4-9(14)5-3-8/h2-6,11H,1H3,(H2,15,18)(H,16,19). The summed E-state index contributed by atoms with van der Waals surface area (Å²) in [6.07, 6.45) is 0. The lowest BCUT2D eigenvalue weighted by Gasteiger charge is -2.14. The lowest BCUT2D eigenvalue weighted by molar-refractivity contribution is -0.120. The highest BCUT2D eigenvalue weighted by Gasteiger charge is 2.22. The van der Waals surface area contributed by atoms with Gasteiger partial charge in [0.2, 0.25) is 5.91 Å². The number of amides is 2. The summed E-state index contributed by atoms with van der Waals surface area (Å²) in [7, 11) is 0. The molecule has 2 aromatic rings. The Morgan fingerprint density at radius 1 is 1.35 bits per heavy atom. The average Bonchev–Trinajstić information content (AvgIpc) is 2.83. The zero-order valence-corrected chi connectivity index (χ0v) is 10.6. The Morgan fingerprint density at radius 2 is 2.00 bits per heavy atom. The van der Waals surface area contributed by atoms with E-state index in [1.54, 1.807) is 6.92 Å². The van der Waals surface area contributed by atoms with Gasteiger partial charge in [0.25, 0.3) is 5.91 Å². The van der Waals surface area contributed by atoms with E-state index >= 15 is 0 Å². The van der Waals surface area contributed by atoms with Crippen molar-refractivity contribution in [3.63, 3.8) is 0 Å². The SMILES string of the molecule is Cc1cc(C(=O)NC(C(N)=O)c2ccc(F)cc2)no1. The summed E-state index contributed by atoms with van der Waals surface area (Å²) < 4.78 is 17.6. The molecule has 0 aliphatic heterocycles. The first-order chi connectivity index (χ1) is 9.47. The van der Waals surface area contributed by atoms with E-state index in [-0.39, 0.29) is 5.69 Å². The van der Waals surface area contributed by atoms with Crippen molar-refractivity contribution < 1.29 is 18.5 Å². The number of nitrogens with two attached hydrogens (primary N) is 1. The third-order valence-corrected chi connectivity index (χ3v) is 2.62. The fourth-order valence-corrected chi connectivity index (χ4v) is 1.65. The predicted octanol–water partition coefficient (Wildman–Crippen LogP) is 1.08. The normalized spacial score (nSPS) is 11.9. The number of carbonyl (C=O) groups excluding carboxylic acids is 2. The van der Waals surface area contributed by atoms with Crippen LogP contribution in [0.3, 0.4) is 0 Å². The summed E-state index contributed by atoms with van der Waals surface area (Å²) in [5, 5.41) is 5.96. The Bertz CT molecular complexity index is 637. The maximum atomic E-state index is 12.9. The molecule has 3 N–H and O–H groups in total. The van der Waals surface area contributed by atoms with Crippen LogP contribution in [0.2, 0.25) is 0 Å². The molecule has 104 valence electrons. The Hall–Kier alpha value is -2.70. The zero-order chi connectivity index (χ0) is 14.7. The molecule has 1 unspecified atom stereocenters. The van der Waals surface area contributed by atoms with Crippen molar-refractivity contribution in [3.05, 3.63) is 53.2 Å². The molecular formula is C13H12FN3O3. The van der Waals surface area contributed by atoms with Gasteiger partial charge in [-0.25, -0.2) is 4.39 Å². The van der Waals surface area contributed by atoms with Gasteiger partial charge in [-0.1, -0.05) is 17.3 Å². The average molecular weight is 277 g/mol. The molecule has 1 heterocycles. The maximum Gasteiger partial charge on any atom is 0.274 e. The van der Waals surface area contributed by atoms with Gasteiger partial charge < -0.3 is 15.6 Å². The zero-order valence-electron chi connectivity index (χ0n) is 10.6. The second-order valence-corrected chi connectivity index (χ2v) is 4.18. The number of benzene rings is 1. The topological polar surface area (TPSA) is 98.2 Å². The first kappa shape index (κ1) is 13.7. The molecule has 0 saturated carbocycles. The van der Waals surface area contributed by atoms with Crippen molar-refractivity contribution in [1.82, 2.24) is 10.5 Å². The van der Waals surface area contributed by atoms with Gasteiger partial charge in [-0.3, -0.25) is 9.59 Å². The van der Waals surface area contributed by atoms with Gasteiger partial charge in [0.15, 0.2) is 5.69 Å². The summed E-state index contributed by atoms with van der Waals surface area (Å²) in [5.41, 5.74) is 5.67. The molecule has 20 heavy (non-hydrogen) atoms. The van der Waals surface area contributed by atoms with Gasteiger partial charge in [0.05, 0.1) is 0 Å². The van der Waals surface area contributed by atoms with E-state index in [2.05, 4.69) is 10.5 Å². The van der Waals surface area contributed by atoms with Crippen LogP contribution in [-0.2, 0) is 4.79 Å². The van der Waals surface area contributed by atoms with Crippen LogP contribution in [0.15, 0.2) is 34.9 Å². The van der Waals surface area contributed by atoms with Crippen LogP contribution in [-0.4, -0.2) is 17.0 Å². The molecule has 7 heteroatoms. The van der Waals surface area contributed by atoms with E-state index in [0.717, 1.165) is 0 Å². The number of carbonyl (C=O) groups is 2. The highest BCUT2D eigenvalue weighted by atomic mass is 19.1. The Labute approximate surface area is 113 Å². The monoisotopic (exact) mass is 277 g/mol. The van der Waals surface area contributed by atoms with Crippen LogP contribution < -0.4 is 11.1 Å². The molecular weight excluding hydrogens is 265 g/mol. The van der Waals surface area contributed by atoms with Crippen LogP contribution in [0.1, 0.15) is 27.9 Å². The maximum absolute atomic E-state index is 12.9. The molecule has 1 atom stereocenters. The molecule has 0 aliphatic carbocycles. The van der Waals surface area contributed by atoms with Gasteiger partial charge in [0.1, 0.15) is 17.6 Å². The third kappa shape index (κ3) is 3.00. The predicted molar refractivity (Wildman–Crippen MR) is 67.0 cm³/mol. The van der Waals surface area contributed by atoms with E-state index in [0.29, 0.717) is 11.3 Å². The first-order valence-corrected chi connectivity index (χ1v) is 5.76. The van der Waals surface area contributed by atoms with Crippen LogP contribution in [0.25, 0.3) is 0 Å². The number of nitrogens with zero attached hydrogens (tertiary/aromatic N) is 1. The van der Waals surface area contributed by atoms with Crippen molar-refractivity contribution in [2.24, 2.45) is 5.73 Å². The van der Waals surface area contributed by atoms with Crippen LogP contribution in [0, 0.1) is 12.7 Å². The number of aryl methyl sites for hydroxylation is 1. The minimum Gasteiger partial charge on any atom is -0.368 e. The number of nitrogens with one attached hydrogen (secondary N) is 1. The van der Waals surface area contributed by atoms with E-state index in [1.165, 1.54) is 30.3 Å². The Morgan fingerprint density at radius 3 is 2.50 bits per heavy atom. The molecule has 1 aromatic heterocycles. The second-order valence-electron chi connectivity index (χ2n) is 4.18. The lowest BCUT2D eigenvalue weighted by Crippen LogP contribution is -2.37. The molecule has 0 aliphatic rings. The smallest absolute Gasteiger partial charge is 0.274 e. The number of primary amides is 1. The minimum absolute atomic E-state index is 0.0378. The lowest BCUT2D eigenvalue weighted by atomic mass is 10.1. The number of hydrogen-bond acceptors (Lipinski definition) is 4. The molecule has 2 amide bonds. The highest BCUT2D eigenvalue weighted by Crippen LogP contribution is 2.14. The van der Waals surface area contributed by atoms with Crippen molar-refractivity contribution in [3.8, 4) is 0 Å². The van der Waals surface area contributed by atoms with Crippen molar-refractivity contribution in [1.29, 1.82) is 0 Å². The summed E-state index contributed by atoms with van der Waals surface area (Å²) in [6, 6.07) is 5.46. The summed E-state index contributed by atoms with van der Waals surface area (Å²) in [5.74, 6) is -1.34. The van der Waals surface area contributed by atoms with Gasteiger partial charge in [-0.05, 0) is 24.6 Å². The van der Waals surface area contributed by atoms with Gasteiger partial charge in [-0.15, -0.1) is 0 Å². The fourth-order valence-electron chi connectivity index (χ4n) is 1.65. The first-order valence-electron chi connectivity index (χ1n) is 5.76. The molecule has 0 radical (unpaired) electrons. The third-order valence-electron chi connectivity index (χ3n) is 2.62. The molecule has 0 spiro atoms. The summed E-state index contributed by atoms with van der Waals surface area (Å²) in [6.45, 7) is 1.63. The number of hydrogen-bond donors (Lipinski definition) is 2. The van der Waals surface area contributed by atoms with Crippen molar-refractivity contribution in [2.45, 2.75) is 13.0 Å². The van der Waals surface area contributed by atoms with Crippen LogP contribution >= 0.6 is 0 Å². The van der Waals surface area contributed by atoms with Crippen LogP contribution in [0.4, 0.5) is 4.39 Å². The van der Waals surface area contributed by atoms with Crippen molar-refractivity contribution >= 4 is 11.8 Å². The number of aromatic nitrogens is 1. The van der Waals surface area contributed by atoms with E-state index < -0.39 is 23.7 Å². The van der Waals surface area contributed by atoms with Gasteiger partial charge in [-0.2, -0.15) is 0 Å². The summed E-state index contributed by atoms with van der Waals surface area (Å²) >= 11 is 0. The van der Waals surface area contributed by atoms with Crippen LogP contribution in [0.5, 0.6) is 0 Å². The number of halogens is 1. The molecule has 0 bridgehead atoms. The summed E-state index contributed by atoms with van der Waals surface area (Å²) in [4.78, 5) is 23.3. The molecule has 1 aromatic carbocycles. The van der Waals surface area contributed by atoms with Gasteiger partial charge >= 0.3 is 0 Å². The molecule has 6 nitrogen and oxygen atoms in total. The Balaban J connectivity index is 2.20. The molecule has 0 saturated heterocycles. The van der Waals surface area contributed by atoms with E-state index in [1.807, 2.05) is 0 Å². The number of rotatable bonds is 4. The fraction of sp³-hybridized carbons (Fsp3) is 0.154. The highest BCUT2D eigenvalue weighted by molar-refractivity contribution is 5.96. The largest absolute Gasteiger partial charge is 0.368 e. The van der Waals surface area contributed by atoms with Gasteiger partial charge in [0, 0.05) is 6.07 Å². The quantitative estimate of drug-likeness (QED) is 0.873. The molecule has 2 rings (SSSR count). The Kier molecular flexibility index (Phi) is 3.79. The van der Waals surface area contributed by atoms with E-state index in [4.69, 9.17) is 10.3 Å². The van der Waals surface area contributed by atoms with Crippen molar-refractivity contribution in [2.75, 3.05) is 0 Å². The van der Waals surface area contributed by atoms with E-state index in [9.17, 15) is 14.0 Å². The minimum atomic E-state index is -1.07. The second kappa shape index (κ2) is 5.52. The molecule has 0 fully saturated rings.